The Morgan fingerprint density at radius 2 is 1.94 bits per heavy atom. The van der Waals surface area contributed by atoms with Crippen LogP contribution in [0.1, 0.15) is 52.9 Å². The maximum absolute atomic E-state index is 12.3. The first kappa shape index (κ1) is 13.8. The van der Waals surface area contributed by atoms with E-state index < -0.39 is 0 Å². The molecule has 1 unspecified atom stereocenters. The highest BCUT2D eigenvalue weighted by molar-refractivity contribution is 6.18. The summed E-state index contributed by atoms with van der Waals surface area (Å²) >= 11 is 5.89. The Kier molecular flexibility index (Phi) is 5.10. The van der Waals surface area contributed by atoms with Gasteiger partial charge in [0.2, 0.25) is 5.91 Å². The van der Waals surface area contributed by atoms with Gasteiger partial charge in [0.1, 0.15) is 0 Å². The van der Waals surface area contributed by atoms with Crippen molar-refractivity contribution in [3.63, 3.8) is 0 Å². The number of hydrogen-bond donors (Lipinski definition) is 1. The van der Waals surface area contributed by atoms with E-state index in [1.165, 1.54) is 12.8 Å². The second-order valence-electron chi connectivity index (χ2n) is 5.32. The maximum atomic E-state index is 12.3. The van der Waals surface area contributed by atoms with Crippen LogP contribution in [0.4, 0.5) is 0 Å². The van der Waals surface area contributed by atoms with Crippen molar-refractivity contribution >= 4 is 17.5 Å². The number of rotatable bonds is 5. The molecule has 1 fully saturated rings. The quantitative estimate of drug-likeness (QED) is 0.740. The molecule has 0 aliphatic heterocycles. The van der Waals surface area contributed by atoms with E-state index >= 15 is 0 Å². The number of amides is 1. The van der Waals surface area contributed by atoms with Gasteiger partial charge in [-0.1, -0.05) is 33.6 Å². The molecule has 0 aromatic carbocycles. The van der Waals surface area contributed by atoms with Crippen molar-refractivity contribution in [3.05, 3.63) is 0 Å². The van der Waals surface area contributed by atoms with Gasteiger partial charge in [-0.15, -0.1) is 11.6 Å². The Balaban J connectivity index is 2.62. The number of alkyl halides is 1. The molecule has 1 saturated carbocycles. The summed E-state index contributed by atoms with van der Waals surface area (Å²) in [6.07, 6.45) is 5.42. The fourth-order valence-corrected chi connectivity index (χ4v) is 2.93. The lowest BCUT2D eigenvalue weighted by Gasteiger charge is -2.30. The van der Waals surface area contributed by atoms with Gasteiger partial charge < -0.3 is 5.32 Å². The standard InChI is InChI=1S/C13H24ClNO/c1-4-13(7-5-6-8-13)12(16)15-11(9-14)10(2)3/h10-11H,4-9H2,1-3H3,(H,15,16). The van der Waals surface area contributed by atoms with Crippen molar-refractivity contribution in [2.45, 2.75) is 58.9 Å². The molecule has 0 aromatic heterocycles. The summed E-state index contributed by atoms with van der Waals surface area (Å²) in [5.74, 6) is 1.13. The van der Waals surface area contributed by atoms with Gasteiger partial charge in [-0.3, -0.25) is 4.79 Å². The van der Waals surface area contributed by atoms with Crippen molar-refractivity contribution in [1.29, 1.82) is 0 Å². The lowest BCUT2D eigenvalue weighted by Crippen LogP contribution is -2.47. The van der Waals surface area contributed by atoms with Crippen LogP contribution in [0.2, 0.25) is 0 Å². The molecule has 1 rings (SSSR count). The molecule has 0 heterocycles. The normalized spacial score (nSPS) is 21.1. The first-order valence-corrected chi connectivity index (χ1v) is 6.96. The zero-order valence-electron chi connectivity index (χ0n) is 10.7. The zero-order valence-corrected chi connectivity index (χ0v) is 11.4. The molecule has 1 atom stereocenters. The van der Waals surface area contributed by atoms with Crippen LogP contribution < -0.4 is 5.32 Å². The van der Waals surface area contributed by atoms with E-state index in [-0.39, 0.29) is 17.4 Å². The Morgan fingerprint density at radius 1 is 1.38 bits per heavy atom. The molecule has 2 nitrogen and oxygen atoms in total. The molecule has 1 N–H and O–H groups in total. The van der Waals surface area contributed by atoms with Gasteiger partial charge in [0.05, 0.1) is 0 Å². The number of halogens is 1. The van der Waals surface area contributed by atoms with Crippen molar-refractivity contribution in [3.8, 4) is 0 Å². The van der Waals surface area contributed by atoms with Crippen molar-refractivity contribution in [2.24, 2.45) is 11.3 Å². The topological polar surface area (TPSA) is 29.1 Å². The minimum absolute atomic E-state index is 0.0980. The van der Waals surface area contributed by atoms with Crippen LogP contribution in [0.3, 0.4) is 0 Å². The fraction of sp³-hybridized carbons (Fsp3) is 0.923. The van der Waals surface area contributed by atoms with E-state index in [9.17, 15) is 4.79 Å². The third-order valence-electron chi connectivity index (χ3n) is 4.01. The highest BCUT2D eigenvalue weighted by atomic mass is 35.5. The second kappa shape index (κ2) is 5.90. The summed E-state index contributed by atoms with van der Waals surface area (Å²) in [5.41, 5.74) is -0.0980. The number of nitrogens with one attached hydrogen (secondary N) is 1. The van der Waals surface area contributed by atoms with Crippen LogP contribution in [0.5, 0.6) is 0 Å². The lowest BCUT2D eigenvalue weighted by atomic mass is 9.82. The first-order valence-electron chi connectivity index (χ1n) is 6.42. The molecule has 0 aromatic rings. The fourth-order valence-electron chi connectivity index (χ4n) is 2.50. The summed E-state index contributed by atoms with van der Waals surface area (Å²) in [4.78, 5) is 12.3. The Bertz CT molecular complexity index is 234. The van der Waals surface area contributed by atoms with Crippen LogP contribution in [0.15, 0.2) is 0 Å². The average molecular weight is 246 g/mol. The van der Waals surface area contributed by atoms with E-state index in [0.717, 1.165) is 19.3 Å². The third-order valence-corrected chi connectivity index (χ3v) is 4.34. The summed E-state index contributed by atoms with van der Waals surface area (Å²) in [7, 11) is 0. The van der Waals surface area contributed by atoms with Gasteiger partial charge in [0.15, 0.2) is 0 Å². The molecule has 1 aliphatic rings. The number of carbonyl (C=O) groups excluding carboxylic acids is 1. The lowest BCUT2D eigenvalue weighted by molar-refractivity contribution is -0.132. The van der Waals surface area contributed by atoms with Crippen molar-refractivity contribution < 1.29 is 4.79 Å². The van der Waals surface area contributed by atoms with E-state index in [0.29, 0.717) is 11.8 Å². The SMILES string of the molecule is CCC1(C(=O)NC(CCl)C(C)C)CCCC1. The monoisotopic (exact) mass is 245 g/mol. The summed E-state index contributed by atoms with van der Waals surface area (Å²) in [6, 6.07) is 0.109. The summed E-state index contributed by atoms with van der Waals surface area (Å²) < 4.78 is 0. The molecule has 0 spiro atoms. The molecule has 0 bridgehead atoms. The zero-order chi connectivity index (χ0) is 12.2. The van der Waals surface area contributed by atoms with E-state index in [1.807, 2.05) is 0 Å². The summed E-state index contributed by atoms with van der Waals surface area (Å²) in [6.45, 7) is 6.32. The van der Waals surface area contributed by atoms with Crippen LogP contribution in [-0.4, -0.2) is 17.8 Å². The Labute approximate surface area is 104 Å². The molecule has 1 amide bonds. The average Bonchev–Trinajstić information content (AvgIpc) is 2.74. The summed E-state index contributed by atoms with van der Waals surface area (Å²) in [5, 5.41) is 3.13. The van der Waals surface area contributed by atoms with Gasteiger partial charge in [0.25, 0.3) is 0 Å². The molecule has 94 valence electrons. The van der Waals surface area contributed by atoms with E-state index in [2.05, 4.69) is 26.1 Å². The molecule has 16 heavy (non-hydrogen) atoms. The Hall–Kier alpha value is -0.240. The molecule has 0 radical (unpaired) electrons. The molecule has 0 saturated heterocycles. The predicted octanol–water partition coefficient (Wildman–Crippen LogP) is 3.34. The van der Waals surface area contributed by atoms with Crippen LogP contribution in [0, 0.1) is 11.3 Å². The maximum Gasteiger partial charge on any atom is 0.226 e. The number of carbonyl (C=O) groups is 1. The highest BCUT2D eigenvalue weighted by Crippen LogP contribution is 2.41. The molecular weight excluding hydrogens is 222 g/mol. The van der Waals surface area contributed by atoms with Crippen LogP contribution in [0.25, 0.3) is 0 Å². The van der Waals surface area contributed by atoms with Gasteiger partial charge in [0, 0.05) is 17.3 Å². The van der Waals surface area contributed by atoms with Crippen LogP contribution in [-0.2, 0) is 4.79 Å². The van der Waals surface area contributed by atoms with Gasteiger partial charge in [-0.05, 0) is 25.2 Å². The Morgan fingerprint density at radius 3 is 2.31 bits per heavy atom. The molecular formula is C13H24ClNO. The van der Waals surface area contributed by atoms with Gasteiger partial charge in [-0.2, -0.15) is 0 Å². The smallest absolute Gasteiger partial charge is 0.226 e. The van der Waals surface area contributed by atoms with Crippen molar-refractivity contribution in [1.82, 2.24) is 5.32 Å². The van der Waals surface area contributed by atoms with E-state index in [1.54, 1.807) is 0 Å². The van der Waals surface area contributed by atoms with E-state index in [4.69, 9.17) is 11.6 Å². The largest absolute Gasteiger partial charge is 0.351 e. The van der Waals surface area contributed by atoms with Crippen molar-refractivity contribution in [2.75, 3.05) is 5.88 Å². The first-order chi connectivity index (χ1) is 7.55. The predicted molar refractivity (Wildman–Crippen MR) is 68.7 cm³/mol. The number of hydrogen-bond acceptors (Lipinski definition) is 1. The minimum Gasteiger partial charge on any atom is -0.351 e. The second-order valence-corrected chi connectivity index (χ2v) is 5.63. The van der Waals surface area contributed by atoms with Gasteiger partial charge >= 0.3 is 0 Å². The third kappa shape index (κ3) is 2.91. The molecule has 3 heteroatoms. The minimum atomic E-state index is -0.0980. The highest BCUT2D eigenvalue weighted by Gasteiger charge is 2.40. The van der Waals surface area contributed by atoms with Crippen LogP contribution >= 0.6 is 11.6 Å². The molecule has 1 aliphatic carbocycles. The van der Waals surface area contributed by atoms with Gasteiger partial charge in [-0.25, -0.2) is 0 Å².